The Labute approximate surface area is 158 Å². The Morgan fingerprint density at radius 1 is 1.26 bits per heavy atom. The minimum atomic E-state index is 0.229. The average Bonchev–Trinajstić information content (AvgIpc) is 3.07. The Balaban J connectivity index is 1.45. The highest BCUT2D eigenvalue weighted by Crippen LogP contribution is 2.41. The summed E-state index contributed by atoms with van der Waals surface area (Å²) in [5.74, 6) is 1.20. The van der Waals surface area contributed by atoms with Crippen LogP contribution in [0.4, 0.5) is 5.82 Å². The van der Waals surface area contributed by atoms with E-state index in [2.05, 4.69) is 20.0 Å². The summed E-state index contributed by atoms with van der Waals surface area (Å²) in [5, 5.41) is 4.94. The number of piperidine rings is 2. The number of ether oxygens (including phenoxy) is 1. The lowest BCUT2D eigenvalue weighted by atomic mass is 9.72. The van der Waals surface area contributed by atoms with Gasteiger partial charge < -0.3 is 19.1 Å². The zero-order valence-corrected chi connectivity index (χ0v) is 16.1. The molecule has 2 aliphatic rings. The van der Waals surface area contributed by atoms with Crippen molar-refractivity contribution in [2.75, 3.05) is 44.8 Å². The van der Waals surface area contributed by atoms with Crippen LogP contribution in [0, 0.1) is 12.3 Å². The van der Waals surface area contributed by atoms with Gasteiger partial charge in [-0.2, -0.15) is 4.98 Å². The normalized spacial score (nSPS) is 20.0. The summed E-state index contributed by atoms with van der Waals surface area (Å²) in [5.41, 5.74) is 1.60. The molecule has 2 saturated heterocycles. The number of aromatic nitrogens is 3. The predicted octanol–water partition coefficient (Wildman–Crippen LogP) is 2.17. The lowest BCUT2D eigenvalue weighted by Crippen LogP contribution is -2.52. The molecule has 0 unspecified atom stereocenters. The van der Waals surface area contributed by atoms with E-state index in [4.69, 9.17) is 9.26 Å². The smallest absolute Gasteiger partial charge is 0.263 e. The Morgan fingerprint density at radius 3 is 2.85 bits per heavy atom. The van der Waals surface area contributed by atoms with E-state index in [0.29, 0.717) is 18.7 Å². The first kappa shape index (κ1) is 18.2. The van der Waals surface area contributed by atoms with E-state index in [-0.39, 0.29) is 11.3 Å². The first-order chi connectivity index (χ1) is 13.1. The van der Waals surface area contributed by atoms with E-state index in [0.717, 1.165) is 68.8 Å². The molecule has 27 heavy (non-hydrogen) atoms. The number of nitrogens with zero attached hydrogens (tertiary/aromatic N) is 5. The molecule has 8 nitrogen and oxygen atoms in total. The molecule has 146 valence electrons. The summed E-state index contributed by atoms with van der Waals surface area (Å²) in [7, 11) is 1.70. The van der Waals surface area contributed by atoms with Crippen LogP contribution in [0.2, 0.25) is 0 Å². The summed E-state index contributed by atoms with van der Waals surface area (Å²) in [4.78, 5) is 25.3. The molecular weight excluding hydrogens is 346 g/mol. The van der Waals surface area contributed by atoms with Gasteiger partial charge in [0.05, 0.1) is 5.69 Å². The zero-order chi connectivity index (χ0) is 18.9. The van der Waals surface area contributed by atoms with Crippen LogP contribution in [0.1, 0.15) is 37.8 Å². The molecule has 2 aliphatic heterocycles. The monoisotopic (exact) mass is 373 g/mol. The van der Waals surface area contributed by atoms with E-state index in [1.165, 1.54) is 0 Å². The third-order valence-corrected chi connectivity index (χ3v) is 6.07. The quantitative estimate of drug-likeness (QED) is 0.743. The van der Waals surface area contributed by atoms with Crippen LogP contribution in [0.3, 0.4) is 0 Å². The van der Waals surface area contributed by atoms with Gasteiger partial charge >= 0.3 is 0 Å². The van der Waals surface area contributed by atoms with Crippen molar-refractivity contribution < 1.29 is 14.1 Å². The Kier molecular flexibility index (Phi) is 4.99. The van der Waals surface area contributed by atoms with Crippen LogP contribution >= 0.6 is 0 Å². The van der Waals surface area contributed by atoms with Gasteiger partial charge in [-0.05, 0) is 38.0 Å². The van der Waals surface area contributed by atoms with Crippen molar-refractivity contribution in [3.63, 3.8) is 0 Å². The number of carbonyl (C=O) groups excluding carboxylic acids is 1. The molecule has 4 rings (SSSR count). The van der Waals surface area contributed by atoms with E-state index in [9.17, 15) is 4.79 Å². The Morgan fingerprint density at radius 2 is 2.07 bits per heavy atom. The number of fused-ring (bicyclic) bond motifs is 1. The fourth-order valence-corrected chi connectivity index (χ4v) is 4.45. The first-order valence-corrected chi connectivity index (χ1v) is 9.70. The first-order valence-electron chi connectivity index (χ1n) is 9.70. The van der Waals surface area contributed by atoms with E-state index < -0.39 is 0 Å². The maximum Gasteiger partial charge on any atom is 0.263 e. The van der Waals surface area contributed by atoms with Gasteiger partial charge in [0, 0.05) is 46.3 Å². The SMILES string of the molecule is COCCCN1CC2(CCC1=O)CCN(c1ncnc3onc(C)c13)CC2. The van der Waals surface area contributed by atoms with Crippen molar-refractivity contribution in [2.24, 2.45) is 5.41 Å². The van der Waals surface area contributed by atoms with Gasteiger partial charge in [-0.25, -0.2) is 4.98 Å². The van der Waals surface area contributed by atoms with Crippen molar-refractivity contribution in [3.05, 3.63) is 12.0 Å². The number of likely N-dealkylation sites (tertiary alicyclic amines) is 1. The number of hydrogen-bond donors (Lipinski definition) is 0. The zero-order valence-electron chi connectivity index (χ0n) is 16.1. The fraction of sp³-hybridized carbons (Fsp3) is 0.684. The molecule has 0 aromatic carbocycles. The Bertz CT molecular complexity index is 813. The highest BCUT2D eigenvalue weighted by Gasteiger charge is 2.41. The van der Waals surface area contributed by atoms with Gasteiger partial charge in [-0.1, -0.05) is 5.16 Å². The second-order valence-corrected chi connectivity index (χ2v) is 7.79. The second kappa shape index (κ2) is 7.42. The van der Waals surface area contributed by atoms with Gasteiger partial charge in [0.15, 0.2) is 0 Å². The molecule has 2 aromatic heterocycles. The van der Waals surface area contributed by atoms with Gasteiger partial charge in [-0.3, -0.25) is 4.79 Å². The molecule has 0 atom stereocenters. The Hall–Kier alpha value is -2.22. The van der Waals surface area contributed by atoms with Crippen LogP contribution in [-0.4, -0.2) is 65.8 Å². The highest BCUT2D eigenvalue weighted by molar-refractivity contribution is 5.87. The van der Waals surface area contributed by atoms with Crippen molar-refractivity contribution in [1.29, 1.82) is 0 Å². The molecule has 4 heterocycles. The molecule has 8 heteroatoms. The maximum atomic E-state index is 12.3. The third kappa shape index (κ3) is 3.50. The molecule has 1 spiro atoms. The van der Waals surface area contributed by atoms with Gasteiger partial charge in [0.1, 0.15) is 17.5 Å². The number of carbonyl (C=O) groups is 1. The van der Waals surface area contributed by atoms with Crippen molar-refractivity contribution in [3.8, 4) is 0 Å². The molecular formula is C19H27N5O3. The topological polar surface area (TPSA) is 84.6 Å². The molecule has 2 fully saturated rings. The molecule has 0 N–H and O–H groups in total. The average molecular weight is 373 g/mol. The second-order valence-electron chi connectivity index (χ2n) is 7.79. The highest BCUT2D eigenvalue weighted by atomic mass is 16.5. The molecule has 2 aromatic rings. The predicted molar refractivity (Wildman–Crippen MR) is 101 cm³/mol. The van der Waals surface area contributed by atoms with Crippen molar-refractivity contribution in [1.82, 2.24) is 20.0 Å². The minimum Gasteiger partial charge on any atom is -0.385 e. The molecule has 1 amide bonds. The number of hydrogen-bond acceptors (Lipinski definition) is 7. The summed E-state index contributed by atoms with van der Waals surface area (Å²) in [6.07, 6.45) is 6.23. The van der Waals surface area contributed by atoms with Crippen LogP contribution in [0.25, 0.3) is 11.1 Å². The minimum absolute atomic E-state index is 0.229. The lowest BCUT2D eigenvalue weighted by molar-refractivity contribution is -0.138. The van der Waals surface area contributed by atoms with Crippen molar-refractivity contribution >= 4 is 22.8 Å². The third-order valence-electron chi connectivity index (χ3n) is 6.07. The summed E-state index contributed by atoms with van der Waals surface area (Å²) >= 11 is 0. The molecule has 0 bridgehead atoms. The van der Waals surface area contributed by atoms with Crippen LogP contribution in [-0.2, 0) is 9.53 Å². The lowest BCUT2D eigenvalue weighted by Gasteiger charge is -2.47. The van der Waals surface area contributed by atoms with Crippen LogP contribution < -0.4 is 4.90 Å². The number of rotatable bonds is 5. The van der Waals surface area contributed by atoms with Crippen molar-refractivity contribution in [2.45, 2.75) is 39.0 Å². The summed E-state index contributed by atoms with van der Waals surface area (Å²) in [6, 6.07) is 0. The largest absolute Gasteiger partial charge is 0.385 e. The molecule has 0 saturated carbocycles. The van der Waals surface area contributed by atoms with Gasteiger partial charge in [0.25, 0.3) is 5.71 Å². The molecule has 0 radical (unpaired) electrons. The van der Waals surface area contributed by atoms with E-state index >= 15 is 0 Å². The number of anilines is 1. The summed E-state index contributed by atoms with van der Waals surface area (Å²) in [6.45, 7) is 6.15. The molecule has 0 aliphatic carbocycles. The van der Waals surface area contributed by atoms with Crippen LogP contribution in [0.5, 0.6) is 0 Å². The summed E-state index contributed by atoms with van der Waals surface area (Å²) < 4.78 is 10.4. The van der Waals surface area contributed by atoms with Gasteiger partial charge in [-0.15, -0.1) is 0 Å². The number of methoxy groups -OCH3 is 1. The van der Waals surface area contributed by atoms with Gasteiger partial charge in [0.2, 0.25) is 5.91 Å². The van der Waals surface area contributed by atoms with E-state index in [1.54, 1.807) is 13.4 Å². The standard InChI is InChI=1S/C19H27N5O3/c1-14-16-17(20-13-21-18(16)27-22-14)23-9-6-19(7-10-23)5-4-15(25)24(12-19)8-3-11-26-2/h13H,3-12H2,1-2H3. The van der Waals surface area contributed by atoms with Crippen LogP contribution in [0.15, 0.2) is 10.9 Å². The fourth-order valence-electron chi connectivity index (χ4n) is 4.45. The van der Waals surface area contributed by atoms with E-state index in [1.807, 2.05) is 11.8 Å². The maximum absolute atomic E-state index is 12.3. The number of amides is 1. The number of aryl methyl sites for hydroxylation is 1.